The Morgan fingerprint density at radius 3 is 1.78 bits per heavy atom. The topological polar surface area (TPSA) is 26.3 Å². The maximum absolute atomic E-state index is 11.4. The van der Waals surface area contributed by atoms with Crippen LogP contribution >= 0.6 is 0 Å². The van der Waals surface area contributed by atoms with Crippen molar-refractivity contribution in [2.45, 2.75) is 107 Å². The number of unbranched alkanes of at least 4 members (excludes halogenated alkanes) is 11. The van der Waals surface area contributed by atoms with E-state index in [2.05, 4.69) is 29.0 Å². The van der Waals surface area contributed by atoms with Gasteiger partial charge in [-0.05, 0) is 6.42 Å². The molecule has 0 N–H and O–H groups in total. The molecule has 2 nitrogen and oxygen atoms in total. The van der Waals surface area contributed by atoms with Gasteiger partial charge in [-0.25, -0.2) is 0 Å². The predicted molar refractivity (Wildman–Crippen MR) is 104 cm³/mol. The van der Waals surface area contributed by atoms with E-state index in [1.807, 2.05) is 0 Å². The predicted octanol–water partition coefficient (Wildman–Crippen LogP) is 6.55. The van der Waals surface area contributed by atoms with Crippen LogP contribution in [0.2, 0.25) is 9.88 Å². The summed E-state index contributed by atoms with van der Waals surface area (Å²) in [4.78, 5) is 15.6. The fourth-order valence-electron chi connectivity index (χ4n) is 2.66. The Morgan fingerprint density at radius 1 is 0.783 bits per heavy atom. The third kappa shape index (κ3) is 20.0. The van der Waals surface area contributed by atoms with Crippen molar-refractivity contribution in [3.8, 4) is 0 Å². The molecule has 0 bridgehead atoms. The van der Waals surface area contributed by atoms with Crippen LogP contribution in [0.3, 0.4) is 0 Å². The second kappa shape index (κ2) is 18.3. The number of hydrogen-bond donors (Lipinski definition) is 0. The Balaban J connectivity index is 3.18. The SMILES string of the molecule is CCCCCCCC/C=C\CCCCCCCC(=O)[O][SnH]([CH3])[CH3]. The maximum atomic E-state index is 11.4. The van der Waals surface area contributed by atoms with Gasteiger partial charge < -0.3 is 0 Å². The first-order chi connectivity index (χ1) is 11.2. The summed E-state index contributed by atoms with van der Waals surface area (Å²) in [5.74, 6) is 0.0495. The van der Waals surface area contributed by atoms with Gasteiger partial charge in [0.15, 0.2) is 0 Å². The molecule has 0 aliphatic rings. The van der Waals surface area contributed by atoms with Crippen molar-refractivity contribution in [1.29, 1.82) is 0 Å². The summed E-state index contributed by atoms with van der Waals surface area (Å²) < 4.78 is 5.33. The first kappa shape index (κ1) is 23.0. The molecule has 0 aromatic heterocycles. The molecule has 0 aliphatic heterocycles. The second-order valence-corrected chi connectivity index (χ2v) is 13.5. The molecule has 0 fully saturated rings. The average molecular weight is 431 g/mol. The quantitative estimate of drug-likeness (QED) is 0.157. The summed E-state index contributed by atoms with van der Waals surface area (Å²) in [6.45, 7) is 2.27. The van der Waals surface area contributed by atoms with Crippen LogP contribution in [0.1, 0.15) is 96.8 Å². The summed E-state index contributed by atoms with van der Waals surface area (Å²) in [7, 11) is 0. The van der Waals surface area contributed by atoms with Crippen LogP contribution in [0.4, 0.5) is 0 Å². The second-order valence-electron chi connectivity index (χ2n) is 6.87. The van der Waals surface area contributed by atoms with Gasteiger partial charge >= 0.3 is 107 Å². The molecule has 0 rings (SSSR count). The summed E-state index contributed by atoms with van der Waals surface area (Å²) in [5, 5.41) is 0. The zero-order valence-electron chi connectivity index (χ0n) is 15.9. The van der Waals surface area contributed by atoms with Crippen molar-refractivity contribution >= 4 is 26.1 Å². The summed E-state index contributed by atoms with van der Waals surface area (Å²) in [6.07, 6.45) is 22.2. The summed E-state index contributed by atoms with van der Waals surface area (Å²) in [6, 6.07) is 0. The number of rotatable bonds is 16. The van der Waals surface area contributed by atoms with Crippen LogP contribution in [0.25, 0.3) is 0 Å². The van der Waals surface area contributed by atoms with Crippen LogP contribution in [-0.4, -0.2) is 26.1 Å². The van der Waals surface area contributed by atoms with Gasteiger partial charge in [0.2, 0.25) is 0 Å². The molecule has 0 saturated heterocycles. The van der Waals surface area contributed by atoms with Crippen molar-refractivity contribution in [2.75, 3.05) is 0 Å². The van der Waals surface area contributed by atoms with Crippen molar-refractivity contribution in [3.63, 3.8) is 0 Å². The van der Waals surface area contributed by atoms with Crippen molar-refractivity contribution in [2.24, 2.45) is 0 Å². The van der Waals surface area contributed by atoms with Gasteiger partial charge in [-0.2, -0.15) is 0 Å². The molecule has 0 radical (unpaired) electrons. The molecule has 0 amide bonds. The van der Waals surface area contributed by atoms with Crippen LogP contribution in [0, 0.1) is 0 Å². The van der Waals surface area contributed by atoms with E-state index in [-0.39, 0.29) is 5.97 Å². The van der Waals surface area contributed by atoms with Gasteiger partial charge in [0.25, 0.3) is 0 Å². The molecule has 0 aromatic rings. The molecule has 0 saturated carbocycles. The van der Waals surface area contributed by atoms with Gasteiger partial charge in [0.05, 0.1) is 0 Å². The van der Waals surface area contributed by atoms with E-state index >= 15 is 0 Å². The van der Waals surface area contributed by atoms with Gasteiger partial charge in [-0.1, -0.05) is 39.0 Å². The zero-order chi connectivity index (χ0) is 17.2. The monoisotopic (exact) mass is 432 g/mol. The molecule has 0 aromatic carbocycles. The normalized spacial score (nSPS) is 11.5. The van der Waals surface area contributed by atoms with Crippen molar-refractivity contribution < 1.29 is 7.87 Å². The van der Waals surface area contributed by atoms with E-state index in [0.29, 0.717) is 6.42 Å². The first-order valence-electron chi connectivity index (χ1n) is 10.0. The molecule has 136 valence electrons. The Morgan fingerprint density at radius 2 is 1.26 bits per heavy atom. The molecule has 0 heterocycles. The van der Waals surface area contributed by atoms with E-state index in [1.165, 1.54) is 77.0 Å². The van der Waals surface area contributed by atoms with E-state index in [0.717, 1.165) is 6.42 Å². The molecule has 0 atom stereocenters. The molecule has 0 aliphatic carbocycles. The molecule has 3 heteroatoms. The first-order valence-corrected chi connectivity index (χ1v) is 17.9. The minimum atomic E-state index is -1.79. The average Bonchev–Trinajstić information content (AvgIpc) is 2.50. The third-order valence-corrected chi connectivity index (χ3v) is 6.11. The van der Waals surface area contributed by atoms with Crippen LogP contribution < -0.4 is 0 Å². The van der Waals surface area contributed by atoms with Gasteiger partial charge in [0.1, 0.15) is 0 Å². The van der Waals surface area contributed by atoms with E-state index in [1.54, 1.807) is 0 Å². The number of carbonyl (C=O) groups excluding carboxylic acids is 1. The Labute approximate surface area is 152 Å². The van der Waals surface area contributed by atoms with Crippen molar-refractivity contribution in [3.05, 3.63) is 12.2 Å². The van der Waals surface area contributed by atoms with Gasteiger partial charge in [-0.3, -0.25) is 0 Å². The van der Waals surface area contributed by atoms with E-state index in [9.17, 15) is 4.79 Å². The van der Waals surface area contributed by atoms with Crippen molar-refractivity contribution in [1.82, 2.24) is 0 Å². The molecule has 0 spiro atoms. The summed E-state index contributed by atoms with van der Waals surface area (Å²) in [5.41, 5.74) is 0. The number of hydrogen-bond acceptors (Lipinski definition) is 2. The molecule has 0 unspecified atom stereocenters. The zero-order valence-corrected chi connectivity index (χ0v) is 19.2. The fraction of sp³-hybridized carbons (Fsp3) is 0.850. The van der Waals surface area contributed by atoms with Gasteiger partial charge in [-0.15, -0.1) is 0 Å². The molecule has 23 heavy (non-hydrogen) atoms. The Hall–Kier alpha value is 0.00870. The molecular formula is C20H40O2Sn. The molecular weight excluding hydrogens is 391 g/mol. The van der Waals surface area contributed by atoms with Crippen LogP contribution in [0.5, 0.6) is 0 Å². The third-order valence-electron chi connectivity index (χ3n) is 4.01. The Bertz CT molecular complexity index is 287. The van der Waals surface area contributed by atoms with Crippen LogP contribution in [0.15, 0.2) is 12.2 Å². The van der Waals surface area contributed by atoms with E-state index in [4.69, 9.17) is 3.07 Å². The van der Waals surface area contributed by atoms with Crippen LogP contribution in [-0.2, 0) is 7.87 Å². The fourth-order valence-corrected chi connectivity index (χ4v) is 4.50. The van der Waals surface area contributed by atoms with E-state index < -0.39 is 20.2 Å². The number of carbonyl (C=O) groups is 1. The standard InChI is InChI=1S/C18H34O2.2CH3.Sn.H/c1-2-3-4-5-6-7-8-9-10-11-12-13-14-15-16-17-18(19)20;;;;/h9-10H,2-8,11-17H2,1H3,(H,19,20);2*1H3;;/q;;;+1;/p-1/b10-9-;;;;. The Kier molecular flexibility index (Phi) is 18.4. The van der Waals surface area contributed by atoms with Gasteiger partial charge in [0, 0.05) is 0 Å². The summed E-state index contributed by atoms with van der Waals surface area (Å²) >= 11 is -1.79. The number of allylic oxidation sites excluding steroid dienone is 2. The minimum absolute atomic E-state index is 0.0495.